The third-order valence-electron chi connectivity index (χ3n) is 3.89. The molecular formula is C19H22Cl2N2O3S2. The Morgan fingerprint density at radius 1 is 1.07 bits per heavy atom. The summed E-state index contributed by atoms with van der Waals surface area (Å²) in [6, 6.07) is 13.0. The van der Waals surface area contributed by atoms with Gasteiger partial charge in [0.2, 0.25) is 15.9 Å². The molecule has 0 spiro atoms. The molecular weight excluding hydrogens is 439 g/mol. The van der Waals surface area contributed by atoms with Gasteiger partial charge in [0.1, 0.15) is 6.04 Å². The van der Waals surface area contributed by atoms with E-state index in [9.17, 15) is 13.2 Å². The minimum absolute atomic E-state index is 0.334. The fourth-order valence-electron chi connectivity index (χ4n) is 2.64. The van der Waals surface area contributed by atoms with Crippen LogP contribution in [0.5, 0.6) is 0 Å². The van der Waals surface area contributed by atoms with Crippen molar-refractivity contribution in [2.75, 3.05) is 22.9 Å². The van der Waals surface area contributed by atoms with E-state index in [0.717, 1.165) is 15.5 Å². The van der Waals surface area contributed by atoms with E-state index in [1.165, 1.54) is 0 Å². The van der Waals surface area contributed by atoms with Gasteiger partial charge in [-0.2, -0.15) is 0 Å². The summed E-state index contributed by atoms with van der Waals surface area (Å²) in [5, 5.41) is 4.00. The van der Waals surface area contributed by atoms with Gasteiger partial charge in [-0.15, -0.1) is 11.8 Å². The Morgan fingerprint density at radius 3 is 2.11 bits per heavy atom. The summed E-state index contributed by atoms with van der Waals surface area (Å²) in [6.07, 6.45) is 1.43. The van der Waals surface area contributed by atoms with E-state index in [1.54, 1.807) is 43.0 Å². The fraction of sp³-hybridized carbons (Fsp3) is 0.316. The van der Waals surface area contributed by atoms with E-state index in [1.807, 2.05) is 24.3 Å². The van der Waals surface area contributed by atoms with Crippen LogP contribution < -0.4 is 9.62 Å². The molecule has 0 fully saturated rings. The Morgan fingerprint density at radius 2 is 1.61 bits per heavy atom. The predicted molar refractivity (Wildman–Crippen MR) is 118 cm³/mol. The molecule has 1 amide bonds. The van der Waals surface area contributed by atoms with Crippen molar-refractivity contribution in [1.29, 1.82) is 0 Å². The molecule has 1 atom stereocenters. The Bertz CT molecular complexity index is 888. The van der Waals surface area contributed by atoms with Crippen LogP contribution in [0.25, 0.3) is 0 Å². The average molecular weight is 461 g/mol. The summed E-state index contributed by atoms with van der Waals surface area (Å²) < 4.78 is 25.9. The maximum absolute atomic E-state index is 12.7. The molecule has 1 N–H and O–H groups in total. The third kappa shape index (κ3) is 6.58. The van der Waals surface area contributed by atoms with Gasteiger partial charge in [-0.1, -0.05) is 30.1 Å². The number of halogens is 2. The first-order valence-electron chi connectivity index (χ1n) is 8.63. The van der Waals surface area contributed by atoms with Gasteiger partial charge in [0.15, 0.2) is 0 Å². The number of benzene rings is 2. The highest BCUT2D eigenvalue weighted by Crippen LogP contribution is 2.24. The highest BCUT2D eigenvalue weighted by molar-refractivity contribution is 7.99. The van der Waals surface area contributed by atoms with Crippen molar-refractivity contribution < 1.29 is 13.2 Å². The number of sulfonamides is 1. The van der Waals surface area contributed by atoms with Gasteiger partial charge < -0.3 is 5.32 Å². The molecule has 0 saturated carbocycles. The summed E-state index contributed by atoms with van der Waals surface area (Å²) in [5.41, 5.74) is 0.407. The van der Waals surface area contributed by atoms with Crippen LogP contribution in [0.2, 0.25) is 10.0 Å². The zero-order valence-electron chi connectivity index (χ0n) is 15.6. The first-order valence-corrected chi connectivity index (χ1v) is 12.2. The molecule has 0 aliphatic heterocycles. The molecule has 5 nitrogen and oxygen atoms in total. The number of rotatable bonds is 9. The Kier molecular flexibility index (Phi) is 8.49. The highest BCUT2D eigenvalue weighted by atomic mass is 35.5. The molecule has 0 radical (unpaired) electrons. The number of amides is 1. The fourth-order valence-corrected chi connectivity index (χ4v) is 4.87. The SMILES string of the molecule is CC[C@@H](C(=O)NCCSc1ccc(Cl)cc1)N(c1ccc(Cl)cc1)S(C)(=O)=O. The van der Waals surface area contributed by atoms with Crippen LogP contribution in [-0.2, 0) is 14.8 Å². The second-order valence-corrected chi connectivity index (χ2v) is 9.95. The van der Waals surface area contributed by atoms with Crippen LogP contribution in [0.3, 0.4) is 0 Å². The first kappa shape index (κ1) is 22.9. The zero-order valence-corrected chi connectivity index (χ0v) is 18.7. The summed E-state index contributed by atoms with van der Waals surface area (Å²) in [7, 11) is -3.65. The Labute approximate surface area is 180 Å². The second kappa shape index (κ2) is 10.4. The van der Waals surface area contributed by atoms with Gasteiger partial charge in [-0.3, -0.25) is 9.10 Å². The molecule has 9 heteroatoms. The van der Waals surface area contributed by atoms with Crippen molar-refractivity contribution in [3.05, 3.63) is 58.6 Å². The van der Waals surface area contributed by atoms with Gasteiger partial charge >= 0.3 is 0 Å². The van der Waals surface area contributed by atoms with Crippen molar-refractivity contribution in [2.45, 2.75) is 24.3 Å². The molecule has 2 aromatic rings. The summed E-state index contributed by atoms with van der Waals surface area (Å²) in [5.74, 6) is 0.323. The number of thioether (sulfide) groups is 1. The number of anilines is 1. The van der Waals surface area contributed by atoms with Crippen LogP contribution in [0, 0.1) is 0 Å². The molecule has 28 heavy (non-hydrogen) atoms. The van der Waals surface area contributed by atoms with E-state index in [-0.39, 0.29) is 5.91 Å². The van der Waals surface area contributed by atoms with Crippen LogP contribution >= 0.6 is 35.0 Å². The Hall–Kier alpha value is -1.41. The minimum Gasteiger partial charge on any atom is -0.353 e. The van der Waals surface area contributed by atoms with Gasteiger partial charge in [0, 0.05) is 27.2 Å². The van der Waals surface area contributed by atoms with E-state index in [4.69, 9.17) is 23.2 Å². The molecule has 0 aliphatic carbocycles. The summed E-state index contributed by atoms with van der Waals surface area (Å²) in [4.78, 5) is 13.7. The number of nitrogens with zero attached hydrogens (tertiary/aromatic N) is 1. The highest BCUT2D eigenvalue weighted by Gasteiger charge is 2.31. The second-order valence-electron chi connectivity index (χ2n) is 6.05. The van der Waals surface area contributed by atoms with E-state index >= 15 is 0 Å². The van der Waals surface area contributed by atoms with Crippen molar-refractivity contribution in [3.63, 3.8) is 0 Å². The van der Waals surface area contributed by atoms with Gasteiger partial charge in [-0.05, 0) is 55.0 Å². The smallest absolute Gasteiger partial charge is 0.243 e. The lowest BCUT2D eigenvalue weighted by Crippen LogP contribution is -2.49. The molecule has 0 aromatic heterocycles. The van der Waals surface area contributed by atoms with Crippen molar-refractivity contribution in [2.24, 2.45) is 0 Å². The largest absolute Gasteiger partial charge is 0.353 e. The number of hydrogen-bond donors (Lipinski definition) is 1. The van der Waals surface area contributed by atoms with Gasteiger partial charge in [0.25, 0.3) is 0 Å². The van der Waals surface area contributed by atoms with Gasteiger partial charge in [-0.25, -0.2) is 8.42 Å². The normalized spacial score (nSPS) is 12.4. The Balaban J connectivity index is 2.02. The zero-order chi connectivity index (χ0) is 20.7. The summed E-state index contributed by atoms with van der Waals surface area (Å²) in [6.45, 7) is 2.20. The van der Waals surface area contributed by atoms with E-state index in [0.29, 0.717) is 34.5 Å². The molecule has 0 bridgehead atoms. The molecule has 0 aliphatic rings. The topological polar surface area (TPSA) is 66.5 Å². The quantitative estimate of drug-likeness (QED) is 0.443. The third-order valence-corrected chi connectivity index (χ3v) is 6.59. The number of nitrogens with one attached hydrogen (secondary N) is 1. The summed E-state index contributed by atoms with van der Waals surface area (Å²) >= 11 is 13.3. The van der Waals surface area contributed by atoms with E-state index in [2.05, 4.69) is 5.32 Å². The van der Waals surface area contributed by atoms with Crippen LogP contribution in [0.4, 0.5) is 5.69 Å². The number of hydrogen-bond acceptors (Lipinski definition) is 4. The molecule has 0 heterocycles. The lowest BCUT2D eigenvalue weighted by Gasteiger charge is -2.30. The molecule has 2 rings (SSSR count). The van der Waals surface area contributed by atoms with Crippen molar-refractivity contribution in [1.82, 2.24) is 5.32 Å². The minimum atomic E-state index is -3.65. The first-order chi connectivity index (χ1) is 13.2. The molecule has 0 unspecified atom stereocenters. The van der Waals surface area contributed by atoms with Crippen LogP contribution in [0.1, 0.15) is 13.3 Å². The maximum Gasteiger partial charge on any atom is 0.243 e. The number of carbonyl (C=O) groups is 1. The van der Waals surface area contributed by atoms with Gasteiger partial charge in [0.05, 0.1) is 11.9 Å². The lowest BCUT2D eigenvalue weighted by molar-refractivity contribution is -0.122. The standard InChI is InChI=1S/C19H22Cl2N2O3S2/c1-3-18(23(28(2,25)26)16-8-4-14(20)5-9-16)19(24)22-12-13-27-17-10-6-15(21)7-11-17/h4-11,18H,3,12-13H2,1-2H3,(H,22,24)/t18-/m0/s1. The lowest BCUT2D eigenvalue weighted by atomic mass is 10.2. The van der Waals surface area contributed by atoms with Crippen LogP contribution in [-0.4, -0.2) is 38.9 Å². The van der Waals surface area contributed by atoms with E-state index < -0.39 is 16.1 Å². The molecule has 0 saturated heterocycles. The van der Waals surface area contributed by atoms with Crippen molar-refractivity contribution >= 4 is 56.6 Å². The average Bonchev–Trinajstić information content (AvgIpc) is 2.64. The molecule has 152 valence electrons. The predicted octanol–water partition coefficient (Wildman–Crippen LogP) is 4.45. The van der Waals surface area contributed by atoms with Crippen molar-refractivity contribution in [3.8, 4) is 0 Å². The number of carbonyl (C=O) groups excluding carboxylic acids is 1. The van der Waals surface area contributed by atoms with Crippen LogP contribution in [0.15, 0.2) is 53.4 Å². The maximum atomic E-state index is 12.7. The molecule has 2 aromatic carbocycles. The monoisotopic (exact) mass is 460 g/mol.